The summed E-state index contributed by atoms with van der Waals surface area (Å²) >= 11 is 0. The van der Waals surface area contributed by atoms with Crippen LogP contribution in [0.1, 0.15) is 62.9 Å². The Bertz CT molecular complexity index is 3730. The number of allylic oxidation sites excluding steroid dienone is 2. The molecule has 7 aromatic rings. The maximum Gasteiger partial charge on any atom is 0.275 e. The molecule has 0 saturated carbocycles. The number of para-hydroxylation sites is 2. The number of rotatable bonds is 8. The van der Waals surface area contributed by atoms with Crippen molar-refractivity contribution in [2.45, 2.75) is 74.9 Å². The fourth-order valence-electron chi connectivity index (χ4n) is 14.9. The first-order valence-electron chi connectivity index (χ1n) is 27.1. The molecule has 0 radical (unpaired) electrons. The van der Waals surface area contributed by atoms with Gasteiger partial charge in [0.15, 0.2) is 15.1 Å². The van der Waals surface area contributed by atoms with Crippen LogP contribution in [0, 0.1) is 0 Å². The Morgan fingerprint density at radius 2 is 1.00 bits per heavy atom. The molecule has 2 bridgehead atoms. The molecule has 6 saturated heterocycles. The number of anilines is 2. The molecule has 10 aliphatic rings. The van der Waals surface area contributed by atoms with Gasteiger partial charge >= 0.3 is 0 Å². The Hall–Kier alpha value is -7.14. The number of amides is 4. The van der Waals surface area contributed by atoms with Crippen LogP contribution in [0.5, 0.6) is 0 Å². The van der Waals surface area contributed by atoms with Gasteiger partial charge in [0, 0.05) is 38.3 Å². The molecule has 15 heteroatoms. The zero-order valence-corrected chi connectivity index (χ0v) is 47.0. The van der Waals surface area contributed by atoms with E-state index in [9.17, 15) is 19.5 Å². The summed E-state index contributed by atoms with van der Waals surface area (Å²) in [7, 11) is 9.47. The van der Waals surface area contributed by atoms with E-state index in [0.29, 0.717) is 12.8 Å². The lowest BCUT2D eigenvalue weighted by Gasteiger charge is -2.52. The number of nitrogens with zero attached hydrogens (tertiary/aromatic N) is 4. The van der Waals surface area contributed by atoms with Crippen LogP contribution in [0.4, 0.5) is 11.4 Å². The molecule has 0 aromatic heterocycles. The molecule has 8 heterocycles. The molecule has 2 aliphatic carbocycles. The minimum Gasteiger partial charge on any atom is -0.365 e. The highest BCUT2D eigenvalue weighted by atomic mass is 33.1. The van der Waals surface area contributed by atoms with E-state index in [-0.39, 0.29) is 23.9 Å². The van der Waals surface area contributed by atoms with Gasteiger partial charge in [-0.05, 0) is 86.2 Å². The number of likely N-dealkylation sites (N-methyl/N-ethyl adjacent to an activating group) is 2. The van der Waals surface area contributed by atoms with E-state index in [0.717, 1.165) is 57.6 Å². The molecule has 17 rings (SSSR count). The number of hydrogen-bond acceptors (Lipinski definition) is 11. The number of carbonyl (C=O) groups is 4. The van der Waals surface area contributed by atoms with Crippen molar-refractivity contribution in [2.24, 2.45) is 0 Å². The van der Waals surface area contributed by atoms with Crippen LogP contribution in [-0.2, 0) is 47.6 Å². The summed E-state index contributed by atoms with van der Waals surface area (Å²) in [5, 5.41) is 18.3. The summed E-state index contributed by atoms with van der Waals surface area (Å²) in [6.45, 7) is 0. The number of benzene rings is 7. The first-order chi connectivity index (χ1) is 39.0. The fraction of sp³-hybridized carbons (Fsp3) is 0.231. The van der Waals surface area contributed by atoms with Crippen LogP contribution in [0.15, 0.2) is 200 Å². The van der Waals surface area contributed by atoms with Crippen molar-refractivity contribution < 1.29 is 24.3 Å². The van der Waals surface area contributed by atoms with Gasteiger partial charge in [-0.15, -0.1) is 0 Å². The summed E-state index contributed by atoms with van der Waals surface area (Å²) in [6.07, 6.45) is 4.76. The van der Waals surface area contributed by atoms with Crippen LogP contribution in [-0.4, -0.2) is 96.1 Å². The monoisotopic (exact) mass is 1130 g/mol. The molecule has 0 unspecified atom stereocenters. The van der Waals surface area contributed by atoms with E-state index in [4.69, 9.17) is 0 Å². The molecular formula is C65H54N6O5S4. The molecule has 398 valence electrons. The minimum absolute atomic E-state index is 0.0416. The van der Waals surface area contributed by atoms with Gasteiger partial charge in [-0.1, -0.05) is 231 Å². The Morgan fingerprint density at radius 3 is 1.54 bits per heavy atom. The number of piperazine rings is 2. The van der Waals surface area contributed by atoms with Crippen molar-refractivity contribution >= 4 is 89.3 Å². The van der Waals surface area contributed by atoms with Gasteiger partial charge in [0.1, 0.15) is 17.1 Å². The number of nitrogens with one attached hydrogen (secondary N) is 2. The first kappa shape index (κ1) is 49.9. The molecule has 11 nitrogen and oxygen atoms in total. The van der Waals surface area contributed by atoms with Gasteiger partial charge in [-0.2, -0.15) is 0 Å². The second-order valence-electron chi connectivity index (χ2n) is 22.1. The van der Waals surface area contributed by atoms with Gasteiger partial charge in [0.25, 0.3) is 23.6 Å². The SMILES string of the molecule is CN1C(=O)[C@@]2(SSC(c3ccccc3)(c3ccccc3)c3ccccc3)C[C@]3(C4=CCc5ccccc54)c4ccccc4N[C@@H]3N2C(=O)[C@H]1O.CN1C(=O)[C@@]23C[C@]4(C5=CCc6ccccc65)c5ccccc5N[C@@H]4N2C(=O)[C@@H]1SS3. The van der Waals surface area contributed by atoms with Crippen molar-refractivity contribution in [3.8, 4) is 0 Å². The van der Waals surface area contributed by atoms with Crippen molar-refractivity contribution in [3.63, 3.8) is 0 Å². The van der Waals surface area contributed by atoms with Crippen LogP contribution >= 0.6 is 43.2 Å². The zero-order chi connectivity index (χ0) is 54.3. The van der Waals surface area contributed by atoms with Crippen LogP contribution in [0.3, 0.4) is 0 Å². The van der Waals surface area contributed by atoms with Crippen LogP contribution in [0.25, 0.3) is 11.1 Å². The van der Waals surface area contributed by atoms with E-state index in [1.807, 2.05) is 83.8 Å². The third kappa shape index (κ3) is 6.55. The van der Waals surface area contributed by atoms with Crippen molar-refractivity contribution in [1.82, 2.24) is 19.6 Å². The highest BCUT2D eigenvalue weighted by molar-refractivity contribution is 8.78. The number of aliphatic hydroxyl groups is 1. The lowest BCUT2D eigenvalue weighted by molar-refractivity contribution is -0.175. The second-order valence-corrected chi connectivity index (χ2v) is 27.3. The van der Waals surface area contributed by atoms with Crippen LogP contribution in [0.2, 0.25) is 0 Å². The zero-order valence-electron chi connectivity index (χ0n) is 43.7. The van der Waals surface area contributed by atoms with Gasteiger partial charge in [0.2, 0.25) is 6.23 Å². The van der Waals surface area contributed by atoms with E-state index >= 15 is 4.79 Å². The van der Waals surface area contributed by atoms with E-state index < -0.39 is 49.0 Å². The third-order valence-electron chi connectivity index (χ3n) is 18.4. The van der Waals surface area contributed by atoms with E-state index in [2.05, 4.69) is 132 Å². The van der Waals surface area contributed by atoms with Gasteiger partial charge in [-0.25, -0.2) is 0 Å². The summed E-state index contributed by atoms with van der Waals surface area (Å²) in [5.74, 6) is -0.676. The first-order valence-corrected chi connectivity index (χ1v) is 31.4. The van der Waals surface area contributed by atoms with Crippen molar-refractivity contribution in [3.05, 3.63) is 250 Å². The molecule has 8 aliphatic heterocycles. The lowest BCUT2D eigenvalue weighted by Crippen LogP contribution is -2.70. The largest absolute Gasteiger partial charge is 0.365 e. The second kappa shape index (κ2) is 18.2. The Balaban J connectivity index is 0.000000156. The number of hydrogen-bond donors (Lipinski definition) is 3. The lowest BCUT2D eigenvalue weighted by atomic mass is 9.70. The molecule has 7 aromatic carbocycles. The van der Waals surface area contributed by atoms with Gasteiger partial charge in [-0.3, -0.25) is 29.0 Å². The normalized spacial score (nSPS) is 28.8. The van der Waals surface area contributed by atoms with Gasteiger partial charge < -0.3 is 25.5 Å². The average molecular weight is 1130 g/mol. The Kier molecular flexibility index (Phi) is 11.3. The number of aliphatic hydroxyl groups excluding tert-OH is 1. The molecule has 4 amide bonds. The van der Waals surface area contributed by atoms with Crippen molar-refractivity contribution in [1.29, 1.82) is 0 Å². The highest BCUT2D eigenvalue weighted by Gasteiger charge is 2.76. The predicted octanol–water partition coefficient (Wildman–Crippen LogP) is 10.8. The molecular weight excluding hydrogens is 1070 g/mol. The summed E-state index contributed by atoms with van der Waals surface area (Å²) in [4.78, 5) is 61.0. The molecule has 80 heavy (non-hydrogen) atoms. The molecule has 6 fully saturated rings. The van der Waals surface area contributed by atoms with Crippen LogP contribution < -0.4 is 10.6 Å². The molecule has 1 spiro atoms. The van der Waals surface area contributed by atoms with Gasteiger partial charge in [0.05, 0.1) is 10.8 Å². The van der Waals surface area contributed by atoms with E-state index in [1.54, 1.807) is 45.5 Å². The number of carbonyl (C=O) groups excluding carboxylic acids is 4. The smallest absolute Gasteiger partial charge is 0.275 e. The molecule has 8 atom stereocenters. The quantitative estimate of drug-likeness (QED) is 0.0995. The summed E-state index contributed by atoms with van der Waals surface area (Å²) < 4.78 is -0.748. The Morgan fingerprint density at radius 1 is 0.537 bits per heavy atom. The maximum atomic E-state index is 15.0. The van der Waals surface area contributed by atoms with E-state index in [1.165, 1.54) is 54.3 Å². The Labute approximate surface area is 480 Å². The average Bonchev–Trinajstić information content (AvgIpc) is 2.27. The predicted molar refractivity (Wildman–Crippen MR) is 321 cm³/mol. The number of fused-ring (bicyclic) bond motifs is 12. The highest BCUT2D eigenvalue weighted by Crippen LogP contribution is 2.71. The standard InChI is InChI=1S/C42H35N3O3S2.C23H19N3O2S2/c1-44-36(46)37(47)45-38-40(34-23-13-14-24-35(34)43-38,33-26-25-28-15-11-12-22-32(28)33)27-41(45,39(44)48)49-50-42(29-16-5-2-6-17-29,30-18-7-3-8-19-30)31-20-9-4-10-21-31;1-25-19-18(27)26-20-22(12-23(26,21(25)28)30-29-19,16-8-4-5-9-17(16)24-20)15-11-10-13-6-2-3-7-14(13)15/h2-24,26,36,38,43,46H,25,27H2,1H3;2-9,11,19-20,24H,10,12H2,1H3/t36-,38-,40+,41+;19-,20+,22-,23-/m10/s1. The topological polar surface area (TPSA) is 126 Å². The summed E-state index contributed by atoms with van der Waals surface area (Å²) in [5.41, 5.74) is 13.6. The maximum absolute atomic E-state index is 15.0. The fourth-order valence-corrected chi connectivity index (χ4v) is 22.4. The summed E-state index contributed by atoms with van der Waals surface area (Å²) in [6, 6.07) is 64.7. The molecule has 3 N–H and O–H groups in total. The third-order valence-corrected chi connectivity index (χ3v) is 25.3. The van der Waals surface area contributed by atoms with Crippen molar-refractivity contribution in [2.75, 3.05) is 24.7 Å². The minimum atomic E-state index is -1.59.